The van der Waals surface area contributed by atoms with Crippen LogP contribution in [0.15, 0.2) is 97.2 Å². The van der Waals surface area contributed by atoms with Crippen molar-refractivity contribution in [1.82, 2.24) is 9.47 Å². The highest BCUT2D eigenvalue weighted by Gasteiger charge is 2.22. The standard InChI is InChI=1S/C44H52N4O5.ClH/c1-5-33-18-21-35(22-19-33)45(3)39-23-20-34(44(50)37-32-48(25-11-17-43(49)52-6-2)38-14-8-7-13-36(37)38)31-42(39)53-30-12-24-46-26-28-47(29-27-46)40-15-9-10-16-41(40)51-4;/h7-10,13-16,18-23,31-32H,5-6,11-12,17,24-30H2,1-4H3;1H. The number of benzene rings is 4. The van der Waals surface area contributed by atoms with Crippen LogP contribution in [0, 0.1) is 0 Å². The number of rotatable bonds is 17. The van der Waals surface area contributed by atoms with E-state index in [2.05, 4.69) is 62.6 Å². The van der Waals surface area contributed by atoms with Gasteiger partial charge in [0.2, 0.25) is 0 Å². The molecule has 54 heavy (non-hydrogen) atoms. The van der Waals surface area contributed by atoms with Crippen molar-refractivity contribution < 1.29 is 23.8 Å². The molecule has 0 saturated carbocycles. The molecule has 0 spiro atoms. The molecule has 0 bridgehead atoms. The van der Waals surface area contributed by atoms with E-state index >= 15 is 0 Å². The Morgan fingerprint density at radius 1 is 0.815 bits per heavy atom. The second-order valence-electron chi connectivity index (χ2n) is 13.5. The van der Waals surface area contributed by atoms with Gasteiger partial charge < -0.3 is 28.6 Å². The summed E-state index contributed by atoms with van der Waals surface area (Å²) in [7, 11) is 3.76. The number of fused-ring (bicyclic) bond motifs is 1. The van der Waals surface area contributed by atoms with Crippen LogP contribution in [0.2, 0.25) is 0 Å². The Bertz CT molecular complexity index is 1990. The number of para-hydroxylation sites is 3. The van der Waals surface area contributed by atoms with Gasteiger partial charge in [-0.05, 0) is 80.3 Å². The van der Waals surface area contributed by atoms with E-state index in [4.69, 9.17) is 14.2 Å². The Labute approximate surface area is 325 Å². The Kier molecular flexibility index (Phi) is 14.4. The average Bonchev–Trinajstić information content (AvgIpc) is 3.57. The number of nitrogens with zero attached hydrogens (tertiary/aromatic N) is 4. The third kappa shape index (κ3) is 9.56. The lowest BCUT2D eigenvalue weighted by molar-refractivity contribution is -0.143. The number of ketones is 1. The number of hydrogen-bond acceptors (Lipinski definition) is 8. The molecule has 2 heterocycles. The van der Waals surface area contributed by atoms with Crippen molar-refractivity contribution >= 4 is 52.1 Å². The van der Waals surface area contributed by atoms with Crippen molar-refractivity contribution in [2.45, 2.75) is 46.1 Å². The van der Waals surface area contributed by atoms with Gasteiger partial charge in [0.1, 0.15) is 11.5 Å². The summed E-state index contributed by atoms with van der Waals surface area (Å²) in [5.74, 6) is 1.32. The van der Waals surface area contributed by atoms with E-state index in [-0.39, 0.29) is 24.2 Å². The summed E-state index contributed by atoms with van der Waals surface area (Å²) >= 11 is 0. The van der Waals surface area contributed by atoms with Gasteiger partial charge in [-0.15, -0.1) is 12.4 Å². The van der Waals surface area contributed by atoms with Gasteiger partial charge >= 0.3 is 5.97 Å². The number of carbonyl (C=O) groups excluding carboxylic acids is 2. The average molecular weight is 753 g/mol. The summed E-state index contributed by atoms with van der Waals surface area (Å²) in [5, 5.41) is 0.888. The van der Waals surface area contributed by atoms with E-state index < -0.39 is 0 Å². The van der Waals surface area contributed by atoms with Crippen molar-refractivity contribution in [1.29, 1.82) is 0 Å². The van der Waals surface area contributed by atoms with Crippen LogP contribution in [0.3, 0.4) is 0 Å². The molecule has 0 aliphatic carbocycles. The van der Waals surface area contributed by atoms with Crippen LogP contribution in [-0.2, 0) is 22.5 Å². The van der Waals surface area contributed by atoms with Crippen LogP contribution < -0.4 is 19.3 Å². The Morgan fingerprint density at radius 2 is 1.56 bits per heavy atom. The first kappa shape index (κ1) is 40.2. The Hall–Kier alpha value is -4.99. The fraction of sp³-hybridized carbons (Fsp3) is 0.364. The number of esters is 1. The molecule has 1 aliphatic rings. The van der Waals surface area contributed by atoms with E-state index in [1.54, 1.807) is 7.11 Å². The predicted molar refractivity (Wildman–Crippen MR) is 221 cm³/mol. The minimum Gasteiger partial charge on any atom is -0.495 e. The molecule has 1 saturated heterocycles. The monoisotopic (exact) mass is 752 g/mol. The maximum Gasteiger partial charge on any atom is 0.305 e. The van der Waals surface area contributed by atoms with E-state index in [9.17, 15) is 9.59 Å². The van der Waals surface area contributed by atoms with E-state index in [1.807, 2.05) is 74.8 Å². The number of hydrogen-bond donors (Lipinski definition) is 0. The van der Waals surface area contributed by atoms with Crippen LogP contribution in [0.25, 0.3) is 10.9 Å². The number of aromatic nitrogens is 1. The first-order valence-corrected chi connectivity index (χ1v) is 18.9. The minimum atomic E-state index is -0.203. The van der Waals surface area contributed by atoms with Gasteiger partial charge in [0.15, 0.2) is 5.78 Å². The number of ether oxygens (including phenoxy) is 3. The van der Waals surface area contributed by atoms with Gasteiger partial charge in [0, 0.05) is 86.7 Å². The van der Waals surface area contributed by atoms with E-state index in [0.29, 0.717) is 49.5 Å². The highest BCUT2D eigenvalue weighted by molar-refractivity contribution is 6.16. The van der Waals surface area contributed by atoms with Crippen LogP contribution in [-0.4, -0.2) is 81.3 Å². The van der Waals surface area contributed by atoms with Crippen molar-refractivity contribution in [2.24, 2.45) is 0 Å². The number of anilines is 3. The van der Waals surface area contributed by atoms with Crippen molar-refractivity contribution in [2.75, 3.05) is 69.9 Å². The largest absolute Gasteiger partial charge is 0.495 e. The number of carbonyl (C=O) groups is 2. The normalized spacial score (nSPS) is 13.0. The van der Waals surface area contributed by atoms with Gasteiger partial charge in [-0.3, -0.25) is 14.5 Å². The highest BCUT2D eigenvalue weighted by atomic mass is 35.5. The summed E-state index contributed by atoms with van der Waals surface area (Å²) in [4.78, 5) is 33.2. The summed E-state index contributed by atoms with van der Waals surface area (Å²) in [6.45, 7) is 10.2. The van der Waals surface area contributed by atoms with E-state index in [0.717, 1.165) is 79.3 Å². The smallest absolute Gasteiger partial charge is 0.305 e. The molecule has 0 N–H and O–H groups in total. The third-order valence-corrected chi connectivity index (χ3v) is 10.1. The molecular formula is C44H53ClN4O5. The van der Waals surface area contributed by atoms with Crippen LogP contribution in [0.1, 0.15) is 54.6 Å². The van der Waals surface area contributed by atoms with E-state index in [1.165, 1.54) is 5.56 Å². The molecule has 6 rings (SSSR count). The second-order valence-corrected chi connectivity index (χ2v) is 13.5. The van der Waals surface area contributed by atoms with Gasteiger partial charge in [-0.1, -0.05) is 49.4 Å². The molecule has 286 valence electrons. The molecule has 0 radical (unpaired) electrons. The SMILES string of the molecule is CCOC(=O)CCCn1cc(C(=O)c2ccc(N(C)c3ccc(CC)cc3)c(OCCCN3CCN(c4ccccc4OC)CC3)c2)c2ccccc21.Cl. The molecule has 1 aromatic heterocycles. The molecule has 1 fully saturated rings. The first-order chi connectivity index (χ1) is 25.9. The second kappa shape index (κ2) is 19.4. The van der Waals surface area contributed by atoms with Gasteiger partial charge in [0.05, 0.1) is 31.7 Å². The zero-order valence-corrected chi connectivity index (χ0v) is 32.8. The molecular weight excluding hydrogens is 700 g/mol. The number of methoxy groups -OCH3 is 1. The summed E-state index contributed by atoms with van der Waals surface area (Å²) in [5.41, 5.74) is 6.54. The topological polar surface area (TPSA) is 76.5 Å². The lowest BCUT2D eigenvalue weighted by Gasteiger charge is -2.36. The van der Waals surface area contributed by atoms with Crippen LogP contribution in [0.4, 0.5) is 17.1 Å². The summed E-state index contributed by atoms with van der Waals surface area (Å²) in [6, 6.07) is 30.5. The summed E-state index contributed by atoms with van der Waals surface area (Å²) in [6.07, 6.45) is 4.72. The van der Waals surface area contributed by atoms with Crippen molar-refractivity contribution in [3.63, 3.8) is 0 Å². The third-order valence-electron chi connectivity index (χ3n) is 10.1. The van der Waals surface area contributed by atoms with Gasteiger partial charge in [-0.2, -0.15) is 0 Å². The first-order valence-electron chi connectivity index (χ1n) is 18.9. The minimum absolute atomic E-state index is 0. The molecule has 0 unspecified atom stereocenters. The quantitative estimate of drug-likeness (QED) is 0.0532. The molecule has 0 atom stereocenters. The molecule has 4 aromatic carbocycles. The van der Waals surface area contributed by atoms with Crippen molar-refractivity contribution in [3.8, 4) is 11.5 Å². The lowest BCUT2D eigenvalue weighted by atomic mass is 10.0. The summed E-state index contributed by atoms with van der Waals surface area (Å²) < 4.78 is 19.3. The molecule has 0 amide bonds. The fourth-order valence-electron chi connectivity index (χ4n) is 7.11. The zero-order valence-electron chi connectivity index (χ0n) is 32.0. The lowest BCUT2D eigenvalue weighted by Crippen LogP contribution is -2.46. The highest BCUT2D eigenvalue weighted by Crippen LogP contribution is 2.35. The van der Waals surface area contributed by atoms with Crippen molar-refractivity contribution in [3.05, 3.63) is 114 Å². The fourth-order valence-corrected chi connectivity index (χ4v) is 7.11. The maximum absolute atomic E-state index is 14.2. The Morgan fingerprint density at radius 3 is 2.30 bits per heavy atom. The number of piperazine rings is 1. The molecule has 9 nitrogen and oxygen atoms in total. The number of aryl methyl sites for hydroxylation is 2. The van der Waals surface area contributed by atoms with Gasteiger partial charge in [-0.25, -0.2) is 0 Å². The van der Waals surface area contributed by atoms with Crippen LogP contribution in [0.5, 0.6) is 11.5 Å². The molecule has 5 aromatic rings. The maximum atomic E-state index is 14.2. The van der Waals surface area contributed by atoms with Gasteiger partial charge in [0.25, 0.3) is 0 Å². The number of halogens is 1. The zero-order chi connectivity index (χ0) is 37.2. The Balaban J connectivity index is 0.00000561. The molecule has 1 aliphatic heterocycles. The van der Waals surface area contributed by atoms with Crippen LogP contribution >= 0.6 is 12.4 Å². The predicted octanol–water partition coefficient (Wildman–Crippen LogP) is 8.57. The molecule has 10 heteroatoms.